The van der Waals surface area contributed by atoms with Crippen molar-refractivity contribution in [1.82, 2.24) is 0 Å². The van der Waals surface area contributed by atoms with E-state index in [1.54, 1.807) is 6.92 Å². The second-order valence-corrected chi connectivity index (χ2v) is 6.82. The molecule has 0 aliphatic carbocycles. The maximum Gasteiger partial charge on any atom is 0.168 e. The van der Waals surface area contributed by atoms with Gasteiger partial charge in [0.2, 0.25) is 0 Å². The molecule has 0 saturated carbocycles. The smallest absolute Gasteiger partial charge is 0.168 e. The maximum absolute atomic E-state index is 12.2. The van der Waals surface area contributed by atoms with Crippen molar-refractivity contribution in [2.75, 3.05) is 0 Å². The van der Waals surface area contributed by atoms with E-state index in [0.717, 1.165) is 17.9 Å². The van der Waals surface area contributed by atoms with E-state index in [-0.39, 0.29) is 11.6 Å². The molecule has 0 amide bonds. The number of carbonyl (C=O) groups excluding carboxylic acids is 2. The highest BCUT2D eigenvalue weighted by Gasteiger charge is 2.21. The molecule has 0 spiro atoms. The van der Waals surface area contributed by atoms with E-state index in [1.807, 2.05) is 13.8 Å². The van der Waals surface area contributed by atoms with Gasteiger partial charge in [0.25, 0.3) is 0 Å². The molecule has 0 aliphatic heterocycles. The lowest BCUT2D eigenvalue weighted by molar-refractivity contribution is -0.129. The van der Waals surface area contributed by atoms with Gasteiger partial charge in [-0.1, -0.05) is 47.1 Å². The predicted octanol–water partition coefficient (Wildman–Crippen LogP) is 5.22. The Morgan fingerprint density at radius 3 is 2.00 bits per heavy atom. The van der Waals surface area contributed by atoms with Gasteiger partial charge >= 0.3 is 0 Å². The van der Waals surface area contributed by atoms with Gasteiger partial charge in [0.05, 0.1) is 5.92 Å². The van der Waals surface area contributed by atoms with Crippen molar-refractivity contribution in [2.24, 2.45) is 23.7 Å². The first-order chi connectivity index (χ1) is 9.72. The largest absolute Gasteiger partial charge is 0.299 e. The summed E-state index contributed by atoms with van der Waals surface area (Å²) in [5, 5.41) is 0. The van der Waals surface area contributed by atoms with E-state index in [9.17, 15) is 9.59 Å². The Morgan fingerprint density at radius 2 is 1.52 bits per heavy atom. The summed E-state index contributed by atoms with van der Waals surface area (Å²) in [5.41, 5.74) is 0.743. The third kappa shape index (κ3) is 7.59. The summed E-state index contributed by atoms with van der Waals surface area (Å²) in [6, 6.07) is 0. The molecule has 21 heavy (non-hydrogen) atoms. The third-order valence-corrected chi connectivity index (χ3v) is 4.42. The summed E-state index contributed by atoms with van der Waals surface area (Å²) >= 11 is 0. The minimum atomic E-state index is -0.490. The van der Waals surface area contributed by atoms with E-state index in [2.05, 4.69) is 33.8 Å². The van der Waals surface area contributed by atoms with E-state index >= 15 is 0 Å². The quantitative estimate of drug-likeness (QED) is 0.409. The predicted molar refractivity (Wildman–Crippen MR) is 90.2 cm³/mol. The second kappa shape index (κ2) is 9.92. The molecule has 0 aromatic rings. The first-order valence-corrected chi connectivity index (χ1v) is 8.48. The lowest BCUT2D eigenvalue weighted by atomic mass is 9.86. The van der Waals surface area contributed by atoms with Gasteiger partial charge in [-0.25, -0.2) is 0 Å². The monoisotopic (exact) mass is 294 g/mol. The van der Waals surface area contributed by atoms with E-state index in [0.29, 0.717) is 18.3 Å². The highest BCUT2D eigenvalue weighted by Crippen LogP contribution is 2.23. The second-order valence-electron chi connectivity index (χ2n) is 6.82. The van der Waals surface area contributed by atoms with Crippen LogP contribution in [0.1, 0.15) is 74.1 Å². The highest BCUT2D eigenvalue weighted by atomic mass is 16.1. The molecule has 2 unspecified atom stereocenters. The van der Waals surface area contributed by atoms with Gasteiger partial charge in [0, 0.05) is 6.42 Å². The van der Waals surface area contributed by atoms with Crippen LogP contribution in [0.15, 0.2) is 11.6 Å². The molecule has 0 fully saturated rings. The number of hydrogen-bond donors (Lipinski definition) is 0. The summed E-state index contributed by atoms with van der Waals surface area (Å²) in [6.45, 7) is 14.4. The first-order valence-electron chi connectivity index (χ1n) is 8.48. The molecule has 0 N–H and O–H groups in total. The molecule has 122 valence electrons. The van der Waals surface area contributed by atoms with Gasteiger partial charge in [-0.2, -0.15) is 0 Å². The van der Waals surface area contributed by atoms with E-state index in [4.69, 9.17) is 0 Å². The van der Waals surface area contributed by atoms with Gasteiger partial charge in [-0.3, -0.25) is 9.59 Å². The average molecular weight is 294 g/mol. The molecule has 0 heterocycles. The van der Waals surface area contributed by atoms with Crippen LogP contribution >= 0.6 is 0 Å². The molecular weight excluding hydrogens is 260 g/mol. The van der Waals surface area contributed by atoms with Crippen LogP contribution in [-0.4, -0.2) is 11.6 Å². The molecule has 0 bridgehead atoms. The Balaban J connectivity index is 4.54. The van der Waals surface area contributed by atoms with Gasteiger partial charge in [-0.15, -0.1) is 0 Å². The molecule has 0 saturated heterocycles. The molecule has 0 rings (SSSR count). The molecule has 0 aromatic carbocycles. The van der Waals surface area contributed by atoms with Gasteiger partial charge in [0.1, 0.15) is 5.78 Å². The Morgan fingerprint density at radius 1 is 0.952 bits per heavy atom. The van der Waals surface area contributed by atoms with Crippen LogP contribution in [0.3, 0.4) is 0 Å². The normalized spacial score (nSPS) is 18.0. The number of ketones is 2. The lowest BCUT2D eigenvalue weighted by Gasteiger charge is -2.19. The number of allylic oxidation sites excluding steroid dienone is 2. The zero-order chi connectivity index (χ0) is 16.6. The zero-order valence-electron chi connectivity index (χ0n) is 15.0. The summed E-state index contributed by atoms with van der Waals surface area (Å²) in [4.78, 5) is 23.8. The van der Waals surface area contributed by atoms with Crippen molar-refractivity contribution in [1.29, 1.82) is 0 Å². The van der Waals surface area contributed by atoms with Gasteiger partial charge in [0.15, 0.2) is 5.78 Å². The Bertz CT molecular complexity index is 368. The van der Waals surface area contributed by atoms with Crippen LogP contribution < -0.4 is 0 Å². The van der Waals surface area contributed by atoms with Crippen molar-refractivity contribution >= 4 is 11.6 Å². The van der Waals surface area contributed by atoms with E-state index < -0.39 is 5.92 Å². The van der Waals surface area contributed by atoms with Crippen LogP contribution in [0, 0.1) is 23.7 Å². The Kier molecular flexibility index (Phi) is 9.48. The maximum atomic E-state index is 12.2. The van der Waals surface area contributed by atoms with Crippen molar-refractivity contribution in [3.05, 3.63) is 11.6 Å². The fourth-order valence-electron chi connectivity index (χ4n) is 2.96. The average Bonchev–Trinajstić information content (AvgIpc) is 2.43. The fourth-order valence-corrected chi connectivity index (χ4v) is 2.96. The standard InChI is InChI=1S/C19H34O2/c1-8-13(3)10-14(4)11-15(5)12-16(6)19(21)17(7)18(20)9-2/h12-15,17H,8-11H2,1-7H3/b16-12+/t13-,14-,15?,17?/m0/s1. The lowest BCUT2D eigenvalue weighted by Crippen LogP contribution is -2.21. The summed E-state index contributed by atoms with van der Waals surface area (Å²) < 4.78 is 0. The minimum Gasteiger partial charge on any atom is -0.299 e. The minimum absolute atomic E-state index is 0.0109. The van der Waals surface area contributed by atoms with Gasteiger partial charge in [-0.05, 0) is 50.0 Å². The van der Waals surface area contributed by atoms with Crippen LogP contribution in [-0.2, 0) is 9.59 Å². The van der Waals surface area contributed by atoms with Crippen molar-refractivity contribution in [2.45, 2.75) is 74.1 Å². The Hall–Kier alpha value is -0.920. The van der Waals surface area contributed by atoms with Crippen molar-refractivity contribution in [3.63, 3.8) is 0 Å². The number of rotatable bonds is 10. The SMILES string of the molecule is CCC(=O)C(C)C(=O)/C(C)=C/C(C)C[C@@H](C)C[C@@H](C)CC. The van der Waals surface area contributed by atoms with Gasteiger partial charge < -0.3 is 0 Å². The fraction of sp³-hybridized carbons (Fsp3) is 0.789. The topological polar surface area (TPSA) is 34.1 Å². The highest BCUT2D eigenvalue weighted by molar-refractivity contribution is 6.09. The number of carbonyl (C=O) groups is 2. The van der Waals surface area contributed by atoms with E-state index in [1.165, 1.54) is 12.8 Å². The molecule has 2 heteroatoms. The molecule has 0 radical (unpaired) electrons. The first kappa shape index (κ1) is 20.1. The molecule has 4 atom stereocenters. The molecule has 2 nitrogen and oxygen atoms in total. The number of Topliss-reactive ketones (excluding diaryl/α,β-unsaturated/α-hetero) is 2. The summed E-state index contributed by atoms with van der Waals surface area (Å²) in [6.07, 6.45) is 6.05. The molecular formula is C19H34O2. The van der Waals surface area contributed by atoms with Crippen LogP contribution in [0.4, 0.5) is 0 Å². The van der Waals surface area contributed by atoms with Crippen LogP contribution in [0.25, 0.3) is 0 Å². The van der Waals surface area contributed by atoms with Crippen LogP contribution in [0.2, 0.25) is 0 Å². The molecule has 0 aliphatic rings. The summed E-state index contributed by atoms with van der Waals surface area (Å²) in [5.74, 6) is 1.35. The molecule has 0 aromatic heterocycles. The van der Waals surface area contributed by atoms with Crippen molar-refractivity contribution < 1.29 is 9.59 Å². The Labute approximate surface area is 131 Å². The third-order valence-electron chi connectivity index (χ3n) is 4.42. The van der Waals surface area contributed by atoms with Crippen molar-refractivity contribution in [3.8, 4) is 0 Å². The summed E-state index contributed by atoms with van der Waals surface area (Å²) in [7, 11) is 0. The number of hydrogen-bond acceptors (Lipinski definition) is 2. The zero-order valence-corrected chi connectivity index (χ0v) is 15.0. The van der Waals surface area contributed by atoms with Crippen LogP contribution in [0.5, 0.6) is 0 Å².